The van der Waals surface area contributed by atoms with Crippen molar-refractivity contribution in [3.05, 3.63) is 48.3 Å². The number of ether oxygens (including phenoxy) is 1. The molecule has 1 amide bonds. The minimum atomic E-state index is -3.76. The van der Waals surface area contributed by atoms with Gasteiger partial charge in [0.1, 0.15) is 16.5 Å². The lowest BCUT2D eigenvalue weighted by atomic mass is 9.97. The van der Waals surface area contributed by atoms with Gasteiger partial charge in [0.25, 0.3) is 0 Å². The Morgan fingerprint density at radius 3 is 2.56 bits per heavy atom. The molecule has 0 atom stereocenters. The maximum absolute atomic E-state index is 13.5. The van der Waals surface area contributed by atoms with Crippen molar-refractivity contribution >= 4 is 32.7 Å². The van der Waals surface area contributed by atoms with E-state index in [1.807, 2.05) is 24.3 Å². The zero-order chi connectivity index (χ0) is 22.3. The van der Waals surface area contributed by atoms with E-state index >= 15 is 0 Å². The van der Waals surface area contributed by atoms with Gasteiger partial charge in [0, 0.05) is 37.7 Å². The van der Waals surface area contributed by atoms with Crippen molar-refractivity contribution in [2.45, 2.75) is 36.5 Å². The number of aromatic nitrogens is 2. The summed E-state index contributed by atoms with van der Waals surface area (Å²) in [5.41, 5.74) is 2.52. The molecule has 1 aromatic heterocycles. The Bertz CT molecular complexity index is 1230. The van der Waals surface area contributed by atoms with E-state index in [0.29, 0.717) is 50.3 Å². The number of amides is 1. The maximum Gasteiger partial charge on any atom is 0.246 e. The fourth-order valence-electron chi connectivity index (χ4n) is 4.63. The molecule has 0 bridgehead atoms. The van der Waals surface area contributed by atoms with Gasteiger partial charge in [-0.3, -0.25) is 4.79 Å². The molecule has 0 aliphatic carbocycles. The van der Waals surface area contributed by atoms with Crippen molar-refractivity contribution in [2.75, 3.05) is 31.6 Å². The smallest absolute Gasteiger partial charge is 0.246 e. The van der Waals surface area contributed by atoms with Crippen molar-refractivity contribution in [3.63, 3.8) is 0 Å². The van der Waals surface area contributed by atoms with Crippen LogP contribution >= 0.6 is 0 Å². The second-order valence-electron chi connectivity index (χ2n) is 8.30. The summed E-state index contributed by atoms with van der Waals surface area (Å²) in [4.78, 5) is 22.0. The summed E-state index contributed by atoms with van der Waals surface area (Å²) < 4.78 is 33.9. The van der Waals surface area contributed by atoms with Crippen LogP contribution in [0.1, 0.15) is 37.4 Å². The second-order valence-corrected chi connectivity index (χ2v) is 10.2. The topological polar surface area (TPSA) is 95.6 Å². The molecule has 2 aromatic carbocycles. The van der Waals surface area contributed by atoms with Crippen LogP contribution in [-0.4, -0.2) is 55.3 Å². The molecule has 8 nitrogen and oxygen atoms in total. The minimum Gasteiger partial charge on any atom is -0.495 e. The quantitative estimate of drug-likeness (QED) is 0.638. The number of H-pyrrole nitrogens is 1. The number of hydrogen-bond acceptors (Lipinski definition) is 5. The highest BCUT2D eigenvalue weighted by atomic mass is 32.2. The lowest BCUT2D eigenvalue weighted by molar-refractivity contribution is -0.117. The Hall–Kier alpha value is -2.91. The molecule has 0 spiro atoms. The van der Waals surface area contributed by atoms with Gasteiger partial charge in [-0.2, -0.15) is 4.31 Å². The molecule has 9 heteroatoms. The first kappa shape index (κ1) is 21.0. The Labute approximate surface area is 187 Å². The lowest BCUT2D eigenvalue weighted by Gasteiger charge is -2.31. The van der Waals surface area contributed by atoms with Gasteiger partial charge in [0.15, 0.2) is 0 Å². The van der Waals surface area contributed by atoms with Gasteiger partial charge in [-0.15, -0.1) is 0 Å². The SMILES string of the molecule is COc1ccc(N2CCCC2=O)cc1S(=O)(=O)N1CCC(c2nc3ccccc3[nH]2)CC1. The number of hydrogen-bond donors (Lipinski definition) is 1. The van der Waals surface area contributed by atoms with E-state index < -0.39 is 10.0 Å². The first-order chi connectivity index (χ1) is 15.5. The molecule has 32 heavy (non-hydrogen) atoms. The Balaban J connectivity index is 1.37. The average molecular weight is 455 g/mol. The molecule has 5 rings (SSSR count). The third-order valence-corrected chi connectivity index (χ3v) is 8.32. The fourth-order valence-corrected chi connectivity index (χ4v) is 6.28. The minimum absolute atomic E-state index is 0.0187. The van der Waals surface area contributed by atoms with Crippen LogP contribution in [0.25, 0.3) is 11.0 Å². The number of sulfonamides is 1. The predicted octanol–water partition coefficient (Wildman–Crippen LogP) is 3.27. The highest BCUT2D eigenvalue weighted by Gasteiger charge is 2.34. The molecule has 2 aliphatic heterocycles. The number of piperidine rings is 1. The molecular formula is C23H26N4O4S. The van der Waals surface area contributed by atoms with Gasteiger partial charge in [-0.05, 0) is 49.6 Å². The fraction of sp³-hybridized carbons (Fsp3) is 0.391. The summed E-state index contributed by atoms with van der Waals surface area (Å²) in [5, 5.41) is 0. The number of para-hydroxylation sites is 2. The van der Waals surface area contributed by atoms with Crippen LogP contribution in [-0.2, 0) is 14.8 Å². The van der Waals surface area contributed by atoms with Crippen molar-refractivity contribution in [1.82, 2.24) is 14.3 Å². The summed E-state index contributed by atoms with van der Waals surface area (Å²) in [7, 11) is -2.30. The normalized spacial score (nSPS) is 18.5. The molecule has 3 heterocycles. The van der Waals surface area contributed by atoms with Gasteiger partial charge in [0.05, 0.1) is 18.1 Å². The van der Waals surface area contributed by atoms with Crippen LogP contribution in [0.5, 0.6) is 5.75 Å². The van der Waals surface area contributed by atoms with Crippen LogP contribution in [0, 0.1) is 0 Å². The third kappa shape index (κ3) is 3.65. The number of nitrogens with one attached hydrogen (secondary N) is 1. The Morgan fingerprint density at radius 2 is 1.88 bits per heavy atom. The zero-order valence-electron chi connectivity index (χ0n) is 18.0. The number of fused-ring (bicyclic) bond motifs is 1. The van der Waals surface area contributed by atoms with Crippen LogP contribution < -0.4 is 9.64 Å². The van der Waals surface area contributed by atoms with Crippen LogP contribution in [0.4, 0.5) is 5.69 Å². The summed E-state index contributed by atoms with van der Waals surface area (Å²) >= 11 is 0. The molecule has 2 fully saturated rings. The summed E-state index contributed by atoms with van der Waals surface area (Å²) in [6.07, 6.45) is 2.64. The molecule has 0 radical (unpaired) electrons. The first-order valence-corrected chi connectivity index (χ1v) is 12.3. The van der Waals surface area contributed by atoms with Crippen molar-refractivity contribution in [3.8, 4) is 5.75 Å². The Morgan fingerprint density at radius 1 is 1.09 bits per heavy atom. The largest absolute Gasteiger partial charge is 0.495 e. The van der Waals surface area contributed by atoms with Gasteiger partial charge < -0.3 is 14.6 Å². The number of rotatable bonds is 5. The van der Waals surface area contributed by atoms with E-state index in [1.54, 1.807) is 23.1 Å². The molecule has 1 N–H and O–H groups in total. The van der Waals surface area contributed by atoms with Gasteiger partial charge >= 0.3 is 0 Å². The lowest BCUT2D eigenvalue weighted by Crippen LogP contribution is -2.38. The number of aromatic amines is 1. The standard InChI is InChI=1S/C23H26N4O4S/c1-31-20-9-8-17(27-12-4-7-22(27)28)15-21(20)32(29,30)26-13-10-16(11-14-26)23-24-18-5-2-3-6-19(18)25-23/h2-3,5-6,8-9,15-16H,4,7,10-14H2,1H3,(H,24,25). The van der Waals surface area contributed by atoms with E-state index in [2.05, 4.69) is 4.98 Å². The molecule has 2 aliphatic rings. The molecular weight excluding hydrogens is 428 g/mol. The van der Waals surface area contributed by atoms with Crippen LogP contribution in [0.2, 0.25) is 0 Å². The number of benzene rings is 2. The summed E-state index contributed by atoms with van der Waals surface area (Å²) in [5.74, 6) is 1.41. The number of methoxy groups -OCH3 is 1. The number of anilines is 1. The molecule has 0 saturated carbocycles. The van der Waals surface area contributed by atoms with Crippen LogP contribution in [0.15, 0.2) is 47.4 Å². The number of carbonyl (C=O) groups is 1. The predicted molar refractivity (Wildman–Crippen MR) is 121 cm³/mol. The van der Waals surface area contributed by atoms with E-state index in [-0.39, 0.29) is 16.7 Å². The highest BCUT2D eigenvalue weighted by molar-refractivity contribution is 7.89. The molecule has 168 valence electrons. The second kappa shape index (κ2) is 8.22. The Kier molecular flexibility index (Phi) is 5.38. The van der Waals surface area contributed by atoms with Crippen LogP contribution in [0.3, 0.4) is 0 Å². The number of imidazole rings is 1. The van der Waals surface area contributed by atoms with Gasteiger partial charge in [-0.25, -0.2) is 13.4 Å². The average Bonchev–Trinajstić information content (AvgIpc) is 3.45. The van der Waals surface area contributed by atoms with Crippen molar-refractivity contribution in [2.24, 2.45) is 0 Å². The molecule has 0 unspecified atom stereocenters. The van der Waals surface area contributed by atoms with Gasteiger partial charge in [-0.1, -0.05) is 12.1 Å². The summed E-state index contributed by atoms with van der Waals surface area (Å²) in [6, 6.07) is 12.8. The third-order valence-electron chi connectivity index (χ3n) is 6.40. The maximum atomic E-state index is 13.5. The summed E-state index contributed by atoms with van der Waals surface area (Å²) in [6.45, 7) is 1.41. The molecule has 2 saturated heterocycles. The van der Waals surface area contributed by atoms with E-state index in [0.717, 1.165) is 23.3 Å². The van der Waals surface area contributed by atoms with Gasteiger partial charge in [0.2, 0.25) is 15.9 Å². The number of nitrogens with zero attached hydrogens (tertiary/aromatic N) is 3. The van der Waals surface area contributed by atoms with E-state index in [1.165, 1.54) is 11.4 Å². The monoisotopic (exact) mass is 454 g/mol. The van der Waals surface area contributed by atoms with E-state index in [4.69, 9.17) is 9.72 Å². The van der Waals surface area contributed by atoms with Crippen molar-refractivity contribution < 1.29 is 17.9 Å². The zero-order valence-corrected chi connectivity index (χ0v) is 18.8. The van der Waals surface area contributed by atoms with Crippen molar-refractivity contribution in [1.29, 1.82) is 0 Å². The number of carbonyl (C=O) groups excluding carboxylic acids is 1. The van der Waals surface area contributed by atoms with E-state index in [9.17, 15) is 13.2 Å². The highest BCUT2D eigenvalue weighted by Crippen LogP contribution is 2.35. The first-order valence-electron chi connectivity index (χ1n) is 10.9. The molecule has 3 aromatic rings.